The average molecular weight is 642 g/mol. The molecule has 5 rings (SSSR count). The molecule has 0 aromatic heterocycles. The van der Waals surface area contributed by atoms with Crippen LogP contribution in [0.1, 0.15) is 104 Å². The highest BCUT2D eigenvalue weighted by Gasteiger charge is 2.72. The largest absolute Gasteiger partial charge is 0.478 e. The van der Waals surface area contributed by atoms with Crippen molar-refractivity contribution in [2.75, 3.05) is 13.7 Å². The first-order valence-corrected chi connectivity index (χ1v) is 17.5. The molecule has 8 heteroatoms. The van der Waals surface area contributed by atoms with Gasteiger partial charge in [0.2, 0.25) is 0 Å². The molecule has 4 N–H and O–H groups in total. The zero-order valence-electron chi connectivity index (χ0n) is 28.6. The molecule has 3 saturated carbocycles. The molecule has 5 fully saturated rings. The summed E-state index contributed by atoms with van der Waals surface area (Å²) < 4.78 is 24.0. The third kappa shape index (κ3) is 9.97. The van der Waals surface area contributed by atoms with E-state index in [4.69, 9.17) is 29.8 Å². The first kappa shape index (κ1) is 36.8. The van der Waals surface area contributed by atoms with Crippen LogP contribution in [0.25, 0.3) is 0 Å². The van der Waals surface area contributed by atoms with Gasteiger partial charge in [-0.3, -0.25) is 0 Å². The van der Waals surface area contributed by atoms with E-state index < -0.39 is 12.3 Å². The van der Waals surface area contributed by atoms with Crippen LogP contribution in [0.5, 0.6) is 0 Å². The number of hydrogen-bond donors (Lipinski definition) is 3. The highest BCUT2D eigenvalue weighted by Crippen LogP contribution is 2.59. The van der Waals surface area contributed by atoms with Crippen LogP contribution in [-0.4, -0.2) is 71.2 Å². The van der Waals surface area contributed by atoms with Gasteiger partial charge in [-0.05, 0) is 77.7 Å². The summed E-state index contributed by atoms with van der Waals surface area (Å²) in [5.74, 6) is -0.0983. The van der Waals surface area contributed by atoms with Gasteiger partial charge in [0.1, 0.15) is 5.60 Å². The normalized spacial score (nSPS) is 35.0. The summed E-state index contributed by atoms with van der Waals surface area (Å²) >= 11 is 0. The lowest BCUT2D eigenvalue weighted by Crippen LogP contribution is -2.55. The monoisotopic (exact) mass is 641 g/mol. The van der Waals surface area contributed by atoms with Gasteiger partial charge >= 0.3 is 5.97 Å². The van der Waals surface area contributed by atoms with Crippen molar-refractivity contribution in [3.63, 3.8) is 0 Å². The van der Waals surface area contributed by atoms with Crippen molar-refractivity contribution < 1.29 is 34.0 Å². The van der Waals surface area contributed by atoms with E-state index in [0.717, 1.165) is 31.3 Å². The third-order valence-corrected chi connectivity index (χ3v) is 10.8. The number of carboxylic acid groups (broad SMARTS) is 1. The second kappa shape index (κ2) is 16.8. The number of nitrogens with two attached hydrogens (primary N) is 1. The summed E-state index contributed by atoms with van der Waals surface area (Å²) in [5, 5.41) is 18.9. The van der Waals surface area contributed by atoms with Crippen molar-refractivity contribution in [3.05, 3.63) is 60.3 Å². The lowest BCUT2D eigenvalue weighted by molar-refractivity contribution is -0.189. The van der Waals surface area contributed by atoms with Gasteiger partial charge in [-0.1, -0.05) is 86.6 Å². The molecule has 0 aromatic carbocycles. The van der Waals surface area contributed by atoms with Crippen molar-refractivity contribution in [2.45, 2.75) is 146 Å². The maximum atomic E-state index is 10.4. The number of aliphatic hydroxyl groups is 1. The average Bonchev–Trinajstić information content (AvgIpc) is 3.96. The molecule has 1 unspecified atom stereocenters. The van der Waals surface area contributed by atoms with Crippen LogP contribution < -0.4 is 5.73 Å². The quantitative estimate of drug-likeness (QED) is 0.0688. The van der Waals surface area contributed by atoms with E-state index >= 15 is 0 Å². The maximum absolute atomic E-state index is 10.4. The predicted octanol–water partition coefficient (Wildman–Crippen LogP) is 6.94. The SMILES string of the molecule is CO[C@@H]1[C@H](OC(O)/C=C/C=C/C=C/C=C/C(=O)O)CC[C@]2(CO2)[C@H]1[C@@]1(C)O[C@@H]1CC=C(C)C.NC1(C2CCCCC2)CCCCC1. The number of allylic oxidation sites excluding steroid dienone is 7. The van der Waals surface area contributed by atoms with Gasteiger partial charge in [0.15, 0.2) is 6.29 Å². The minimum Gasteiger partial charge on any atom is -0.478 e. The molecular weight excluding hydrogens is 582 g/mol. The van der Waals surface area contributed by atoms with Gasteiger partial charge in [-0.15, -0.1) is 0 Å². The number of methoxy groups -OCH3 is 1. The van der Waals surface area contributed by atoms with Crippen LogP contribution in [0, 0.1) is 11.8 Å². The smallest absolute Gasteiger partial charge is 0.328 e. The Morgan fingerprint density at radius 3 is 2.20 bits per heavy atom. The summed E-state index contributed by atoms with van der Waals surface area (Å²) in [5.41, 5.74) is 7.50. The van der Waals surface area contributed by atoms with Gasteiger partial charge < -0.3 is 34.9 Å². The van der Waals surface area contributed by atoms with E-state index in [-0.39, 0.29) is 41.0 Å². The topological polar surface area (TPSA) is 127 Å². The second-order valence-electron chi connectivity index (χ2n) is 14.4. The molecule has 0 radical (unpaired) electrons. The van der Waals surface area contributed by atoms with E-state index in [1.54, 1.807) is 43.6 Å². The molecular formula is C38H59NO7. The maximum Gasteiger partial charge on any atom is 0.328 e. The Kier molecular flexibility index (Phi) is 13.5. The lowest BCUT2D eigenvalue weighted by Gasteiger charge is -2.43. The first-order chi connectivity index (χ1) is 22.0. The molecule has 8 nitrogen and oxygen atoms in total. The highest BCUT2D eigenvalue weighted by molar-refractivity contribution is 5.80. The van der Waals surface area contributed by atoms with Gasteiger partial charge in [0.05, 0.1) is 36.4 Å². The Labute approximate surface area is 276 Å². The molecule has 5 aliphatic rings. The summed E-state index contributed by atoms with van der Waals surface area (Å²) in [6.45, 7) is 7.02. The molecule has 258 valence electrons. The van der Waals surface area contributed by atoms with Gasteiger partial charge in [-0.2, -0.15) is 0 Å². The summed E-state index contributed by atoms with van der Waals surface area (Å²) in [4.78, 5) is 10.4. The van der Waals surface area contributed by atoms with Crippen LogP contribution in [0.4, 0.5) is 0 Å². The molecule has 3 aliphatic carbocycles. The number of aliphatic hydroxyl groups excluding tert-OH is 1. The third-order valence-electron chi connectivity index (χ3n) is 10.8. The fourth-order valence-corrected chi connectivity index (χ4v) is 8.16. The molecule has 0 bridgehead atoms. The van der Waals surface area contributed by atoms with Crippen LogP contribution in [0.15, 0.2) is 60.3 Å². The van der Waals surface area contributed by atoms with Gasteiger partial charge in [0, 0.05) is 18.7 Å². The highest BCUT2D eigenvalue weighted by atomic mass is 16.6. The van der Waals surface area contributed by atoms with Crippen molar-refractivity contribution in [1.82, 2.24) is 0 Å². The molecule has 0 amide bonds. The number of carbonyl (C=O) groups is 1. The Balaban J connectivity index is 0.000000305. The Morgan fingerprint density at radius 2 is 1.59 bits per heavy atom. The van der Waals surface area contributed by atoms with E-state index in [0.29, 0.717) is 6.61 Å². The van der Waals surface area contributed by atoms with E-state index in [2.05, 4.69) is 26.8 Å². The van der Waals surface area contributed by atoms with E-state index in [9.17, 15) is 9.90 Å². The Hall–Kier alpha value is -2.07. The number of epoxide rings is 2. The minimum atomic E-state index is -1.07. The zero-order chi connectivity index (χ0) is 33.2. The standard InChI is InChI=1S/C26H36O7.C12H23N/c1-18(2)13-14-20-25(3,33-20)24-23(30-4)19(15-16-26(24)17-31-26)32-22(29)12-10-8-6-5-7-9-11-21(27)28;13-12(9-5-2-6-10-12)11-7-3-1-4-8-11/h5-13,19-20,22-24,29H,14-17H2,1-4H3,(H,27,28);11H,1-10,13H2/b7-5+,8-6+,11-9+,12-10+;/t19-,20-,22?,23-,24-,25+,26+;/m1./s1. The second-order valence-corrected chi connectivity index (χ2v) is 14.4. The summed E-state index contributed by atoms with van der Waals surface area (Å²) in [6.07, 6.45) is 29.6. The zero-order valence-corrected chi connectivity index (χ0v) is 28.6. The molecule has 1 spiro atoms. The van der Waals surface area contributed by atoms with Crippen molar-refractivity contribution >= 4 is 5.97 Å². The molecule has 0 aromatic rings. The molecule has 2 heterocycles. The molecule has 2 aliphatic heterocycles. The fourth-order valence-electron chi connectivity index (χ4n) is 8.16. The van der Waals surface area contributed by atoms with Crippen LogP contribution >= 0.6 is 0 Å². The predicted molar refractivity (Wildman–Crippen MR) is 181 cm³/mol. The number of ether oxygens (including phenoxy) is 4. The van der Waals surface area contributed by atoms with Crippen LogP contribution in [0.3, 0.4) is 0 Å². The van der Waals surface area contributed by atoms with Gasteiger partial charge in [0.25, 0.3) is 0 Å². The fraction of sp³-hybridized carbons (Fsp3) is 0.711. The van der Waals surface area contributed by atoms with E-state index in [1.807, 2.05) is 0 Å². The van der Waals surface area contributed by atoms with E-state index in [1.165, 1.54) is 75.9 Å². The van der Waals surface area contributed by atoms with Crippen LogP contribution in [0.2, 0.25) is 0 Å². The lowest BCUT2D eigenvalue weighted by atomic mass is 9.68. The Bertz CT molecular complexity index is 1120. The Morgan fingerprint density at radius 1 is 0.957 bits per heavy atom. The van der Waals surface area contributed by atoms with Crippen molar-refractivity contribution in [1.29, 1.82) is 0 Å². The number of carboxylic acids is 1. The first-order valence-electron chi connectivity index (χ1n) is 17.5. The van der Waals surface area contributed by atoms with Crippen molar-refractivity contribution in [3.8, 4) is 0 Å². The number of hydrogen-bond acceptors (Lipinski definition) is 7. The van der Waals surface area contributed by atoms with Gasteiger partial charge in [-0.25, -0.2) is 4.79 Å². The summed E-state index contributed by atoms with van der Waals surface area (Å²) in [6, 6.07) is 0. The molecule has 2 saturated heterocycles. The molecule has 46 heavy (non-hydrogen) atoms. The number of rotatable bonds is 12. The number of aliphatic carboxylic acids is 1. The summed E-state index contributed by atoms with van der Waals surface area (Å²) in [7, 11) is 1.68. The van der Waals surface area contributed by atoms with Crippen LogP contribution in [-0.2, 0) is 23.7 Å². The van der Waals surface area contributed by atoms with Crippen molar-refractivity contribution in [2.24, 2.45) is 17.6 Å². The minimum absolute atomic E-state index is 0.0318. The molecule has 7 atom stereocenters.